The van der Waals surface area contributed by atoms with Crippen molar-refractivity contribution in [2.75, 3.05) is 25.6 Å². The number of benzene rings is 1. The molecule has 0 unspecified atom stereocenters. The number of aromatic nitrogens is 2. The lowest BCUT2D eigenvalue weighted by Crippen LogP contribution is -2.27. The van der Waals surface area contributed by atoms with Crippen LogP contribution in [0.4, 0.5) is 11.6 Å². The summed E-state index contributed by atoms with van der Waals surface area (Å²) in [6.45, 7) is 7.38. The maximum absolute atomic E-state index is 11.9. The van der Waals surface area contributed by atoms with E-state index in [9.17, 15) is 4.79 Å². The molecule has 0 bridgehead atoms. The minimum absolute atomic E-state index is 0.00473. The molecular weight excluding hydrogens is 304 g/mol. The van der Waals surface area contributed by atoms with Crippen molar-refractivity contribution in [3.05, 3.63) is 47.8 Å². The van der Waals surface area contributed by atoms with Gasteiger partial charge in [0.25, 0.3) is 5.91 Å². The Bertz CT molecular complexity index is 678. The Balaban J connectivity index is 2.09. The van der Waals surface area contributed by atoms with Gasteiger partial charge in [-0.2, -0.15) is 0 Å². The van der Waals surface area contributed by atoms with E-state index in [4.69, 9.17) is 4.74 Å². The van der Waals surface area contributed by atoms with Crippen LogP contribution in [0.15, 0.2) is 36.7 Å². The minimum Gasteiger partial charge on any atom is -0.383 e. The van der Waals surface area contributed by atoms with Gasteiger partial charge in [-0.3, -0.25) is 4.79 Å². The predicted octanol–water partition coefficient (Wildman–Crippen LogP) is 2.89. The van der Waals surface area contributed by atoms with Gasteiger partial charge in [0.05, 0.1) is 12.2 Å². The highest BCUT2D eigenvalue weighted by Crippen LogP contribution is 2.30. The molecule has 0 saturated carbocycles. The Morgan fingerprint density at radius 2 is 1.83 bits per heavy atom. The summed E-state index contributed by atoms with van der Waals surface area (Å²) in [7, 11) is 1.59. The van der Waals surface area contributed by atoms with Crippen molar-refractivity contribution in [1.82, 2.24) is 15.3 Å². The van der Waals surface area contributed by atoms with Crippen molar-refractivity contribution >= 4 is 17.5 Å². The number of para-hydroxylation sites is 1. The molecule has 0 fully saturated rings. The van der Waals surface area contributed by atoms with Crippen LogP contribution < -0.4 is 10.6 Å². The predicted molar refractivity (Wildman–Crippen MR) is 94.7 cm³/mol. The normalized spacial score (nSPS) is 11.2. The van der Waals surface area contributed by atoms with E-state index in [0.29, 0.717) is 24.7 Å². The van der Waals surface area contributed by atoms with Gasteiger partial charge in [-0.05, 0) is 17.0 Å². The van der Waals surface area contributed by atoms with Gasteiger partial charge >= 0.3 is 0 Å². The molecule has 0 aliphatic heterocycles. The molecule has 6 heteroatoms. The highest BCUT2D eigenvalue weighted by atomic mass is 16.5. The van der Waals surface area contributed by atoms with E-state index < -0.39 is 0 Å². The zero-order valence-corrected chi connectivity index (χ0v) is 14.6. The summed E-state index contributed by atoms with van der Waals surface area (Å²) in [6.07, 6.45) is 3.02. The number of nitrogens with zero attached hydrogens (tertiary/aromatic N) is 2. The highest BCUT2D eigenvalue weighted by Gasteiger charge is 2.18. The fourth-order valence-electron chi connectivity index (χ4n) is 2.25. The summed E-state index contributed by atoms with van der Waals surface area (Å²) in [6, 6.07) is 8.06. The first-order chi connectivity index (χ1) is 11.4. The van der Waals surface area contributed by atoms with Gasteiger partial charge in [0.1, 0.15) is 0 Å². The van der Waals surface area contributed by atoms with E-state index in [1.165, 1.54) is 18.0 Å². The third kappa shape index (κ3) is 4.76. The summed E-state index contributed by atoms with van der Waals surface area (Å²) in [5, 5.41) is 5.96. The molecule has 0 radical (unpaired) electrons. The van der Waals surface area contributed by atoms with Gasteiger partial charge in [-0.1, -0.05) is 39.0 Å². The average molecular weight is 328 g/mol. The van der Waals surface area contributed by atoms with Crippen molar-refractivity contribution in [2.45, 2.75) is 26.2 Å². The number of nitrogens with one attached hydrogen (secondary N) is 2. The molecule has 0 saturated heterocycles. The molecule has 6 nitrogen and oxygen atoms in total. The average Bonchev–Trinajstić information content (AvgIpc) is 2.55. The van der Waals surface area contributed by atoms with Crippen LogP contribution in [0.3, 0.4) is 0 Å². The van der Waals surface area contributed by atoms with Crippen LogP contribution in [0, 0.1) is 0 Å². The molecule has 2 aromatic rings. The smallest absolute Gasteiger partial charge is 0.254 e. The van der Waals surface area contributed by atoms with Crippen LogP contribution >= 0.6 is 0 Å². The van der Waals surface area contributed by atoms with Crippen molar-refractivity contribution in [3.63, 3.8) is 0 Å². The lowest BCUT2D eigenvalue weighted by atomic mass is 9.86. The van der Waals surface area contributed by atoms with Gasteiger partial charge in [0, 0.05) is 31.7 Å². The number of ether oxygens (including phenoxy) is 1. The first-order valence-corrected chi connectivity index (χ1v) is 7.87. The van der Waals surface area contributed by atoms with Crippen LogP contribution in [-0.2, 0) is 10.2 Å². The van der Waals surface area contributed by atoms with Crippen LogP contribution in [0.1, 0.15) is 36.7 Å². The fraction of sp³-hybridized carbons (Fsp3) is 0.389. The summed E-state index contributed by atoms with van der Waals surface area (Å²) in [5.41, 5.74) is 2.56. The van der Waals surface area contributed by atoms with Crippen molar-refractivity contribution in [1.29, 1.82) is 0 Å². The molecule has 0 aliphatic rings. The molecule has 0 atom stereocenters. The van der Waals surface area contributed by atoms with Gasteiger partial charge in [0.2, 0.25) is 5.95 Å². The topological polar surface area (TPSA) is 76.1 Å². The Hall–Kier alpha value is -2.47. The Labute approximate surface area is 142 Å². The maximum Gasteiger partial charge on any atom is 0.254 e. The molecule has 1 aromatic carbocycles. The molecule has 24 heavy (non-hydrogen) atoms. The summed E-state index contributed by atoms with van der Waals surface area (Å²) < 4.78 is 4.90. The molecular formula is C18H24N4O2. The number of anilines is 2. The van der Waals surface area contributed by atoms with Crippen LogP contribution in [0.5, 0.6) is 0 Å². The molecule has 1 heterocycles. The fourth-order valence-corrected chi connectivity index (χ4v) is 2.25. The Morgan fingerprint density at radius 3 is 2.46 bits per heavy atom. The van der Waals surface area contributed by atoms with E-state index in [2.05, 4.69) is 47.4 Å². The molecule has 128 valence electrons. The first-order valence-electron chi connectivity index (χ1n) is 7.87. The second-order valence-corrected chi connectivity index (χ2v) is 6.46. The minimum atomic E-state index is -0.214. The standard InChI is InChI=1S/C18H24N4O2/c1-18(2,3)14-7-5-6-8-15(14)22-17-20-11-13(12-21-17)16(23)19-9-10-24-4/h5-8,11-12H,9-10H2,1-4H3,(H,19,23)(H,20,21,22). The molecule has 1 amide bonds. The van der Waals surface area contributed by atoms with Crippen LogP contribution in [0.2, 0.25) is 0 Å². The van der Waals surface area contributed by atoms with E-state index >= 15 is 0 Å². The molecule has 0 spiro atoms. The number of hydrogen-bond acceptors (Lipinski definition) is 5. The van der Waals surface area contributed by atoms with E-state index in [1.54, 1.807) is 7.11 Å². The van der Waals surface area contributed by atoms with Crippen molar-refractivity contribution in [3.8, 4) is 0 Å². The number of rotatable bonds is 6. The lowest BCUT2D eigenvalue weighted by molar-refractivity contribution is 0.0936. The van der Waals surface area contributed by atoms with Gasteiger partial charge in [0.15, 0.2) is 0 Å². The summed E-state index contributed by atoms with van der Waals surface area (Å²) in [4.78, 5) is 20.4. The SMILES string of the molecule is COCCNC(=O)c1cnc(Nc2ccccc2C(C)(C)C)nc1. The quantitative estimate of drug-likeness (QED) is 0.798. The summed E-state index contributed by atoms with van der Waals surface area (Å²) in [5.74, 6) is 0.244. The second-order valence-electron chi connectivity index (χ2n) is 6.46. The third-order valence-corrected chi connectivity index (χ3v) is 3.49. The van der Waals surface area contributed by atoms with E-state index in [1.807, 2.05) is 18.2 Å². The van der Waals surface area contributed by atoms with Crippen molar-refractivity contribution < 1.29 is 9.53 Å². The number of carbonyl (C=O) groups excluding carboxylic acids is 1. The molecule has 2 rings (SSSR count). The third-order valence-electron chi connectivity index (χ3n) is 3.49. The number of hydrogen-bond donors (Lipinski definition) is 2. The van der Waals surface area contributed by atoms with Crippen LogP contribution in [-0.4, -0.2) is 36.1 Å². The number of carbonyl (C=O) groups is 1. The van der Waals surface area contributed by atoms with Gasteiger partial charge in [-0.25, -0.2) is 9.97 Å². The van der Waals surface area contributed by atoms with Crippen molar-refractivity contribution in [2.24, 2.45) is 0 Å². The molecule has 1 aromatic heterocycles. The Kier molecular flexibility index (Phi) is 5.87. The zero-order valence-electron chi connectivity index (χ0n) is 14.6. The first kappa shape index (κ1) is 17.9. The van der Waals surface area contributed by atoms with Gasteiger partial charge in [-0.15, -0.1) is 0 Å². The maximum atomic E-state index is 11.9. The van der Waals surface area contributed by atoms with E-state index in [0.717, 1.165) is 5.69 Å². The number of methoxy groups -OCH3 is 1. The van der Waals surface area contributed by atoms with Crippen LogP contribution in [0.25, 0.3) is 0 Å². The van der Waals surface area contributed by atoms with E-state index in [-0.39, 0.29) is 11.3 Å². The Morgan fingerprint density at radius 1 is 1.17 bits per heavy atom. The molecule has 2 N–H and O–H groups in total. The summed E-state index contributed by atoms with van der Waals surface area (Å²) >= 11 is 0. The zero-order chi connectivity index (χ0) is 17.6. The monoisotopic (exact) mass is 328 g/mol. The molecule has 0 aliphatic carbocycles. The largest absolute Gasteiger partial charge is 0.383 e. The highest BCUT2D eigenvalue weighted by molar-refractivity contribution is 5.93. The van der Waals surface area contributed by atoms with Gasteiger partial charge < -0.3 is 15.4 Å². The number of amides is 1. The second kappa shape index (κ2) is 7.88. The lowest BCUT2D eigenvalue weighted by Gasteiger charge is -2.22.